The molecule has 0 aliphatic heterocycles. The Morgan fingerprint density at radius 3 is 2.82 bits per heavy atom. The summed E-state index contributed by atoms with van der Waals surface area (Å²) in [6, 6.07) is 8.74. The van der Waals surface area contributed by atoms with Crippen LogP contribution in [-0.4, -0.2) is 17.5 Å². The molecule has 2 rings (SSSR count). The van der Waals surface area contributed by atoms with Crippen LogP contribution in [0.1, 0.15) is 12.8 Å². The van der Waals surface area contributed by atoms with Crippen LogP contribution in [0.15, 0.2) is 36.5 Å². The fourth-order valence-electron chi connectivity index (χ4n) is 1.73. The number of nitrogens with zero attached hydrogens (tertiary/aromatic N) is 1. The van der Waals surface area contributed by atoms with Crippen molar-refractivity contribution in [2.75, 3.05) is 17.7 Å². The van der Waals surface area contributed by atoms with Gasteiger partial charge in [0, 0.05) is 12.6 Å². The first-order valence-electron chi connectivity index (χ1n) is 6.64. The van der Waals surface area contributed by atoms with E-state index in [0.29, 0.717) is 40.3 Å². The van der Waals surface area contributed by atoms with Crippen LogP contribution < -0.4 is 15.8 Å². The number of nitrogen functional groups attached to an aromatic ring is 1. The number of halogens is 2. The summed E-state index contributed by atoms with van der Waals surface area (Å²) >= 11 is 11.7. The van der Waals surface area contributed by atoms with E-state index in [4.69, 9.17) is 33.7 Å². The standard InChI is InChI=1S/C15H15Cl2N3O2/c16-10-8-11(17)15(19-9-10)20-14(21)6-3-7-22-13-5-2-1-4-12(13)18/h1-2,4-5,8-9H,3,6-7,18H2,(H,19,20,21). The van der Waals surface area contributed by atoms with Gasteiger partial charge in [-0.2, -0.15) is 0 Å². The van der Waals surface area contributed by atoms with Gasteiger partial charge < -0.3 is 15.8 Å². The van der Waals surface area contributed by atoms with E-state index in [1.165, 1.54) is 12.3 Å². The maximum Gasteiger partial charge on any atom is 0.225 e. The zero-order chi connectivity index (χ0) is 15.9. The molecule has 1 aromatic carbocycles. The van der Waals surface area contributed by atoms with Gasteiger partial charge in [0.15, 0.2) is 5.82 Å². The highest BCUT2D eigenvalue weighted by atomic mass is 35.5. The molecule has 7 heteroatoms. The van der Waals surface area contributed by atoms with Crippen molar-refractivity contribution < 1.29 is 9.53 Å². The fourth-order valence-corrected chi connectivity index (χ4v) is 2.16. The maximum atomic E-state index is 11.8. The van der Waals surface area contributed by atoms with Crippen LogP contribution in [0.25, 0.3) is 0 Å². The van der Waals surface area contributed by atoms with Crippen LogP contribution in [-0.2, 0) is 4.79 Å². The predicted octanol–water partition coefficient (Wildman–Crippen LogP) is 3.77. The Bertz CT molecular complexity index is 665. The highest BCUT2D eigenvalue weighted by Crippen LogP contribution is 2.23. The number of nitrogens with two attached hydrogens (primary N) is 1. The quantitative estimate of drug-likeness (QED) is 0.620. The van der Waals surface area contributed by atoms with Gasteiger partial charge in [0.25, 0.3) is 0 Å². The third-order valence-corrected chi connectivity index (χ3v) is 3.29. The Hall–Kier alpha value is -1.98. The minimum atomic E-state index is -0.193. The lowest BCUT2D eigenvalue weighted by atomic mass is 10.3. The van der Waals surface area contributed by atoms with Crippen molar-refractivity contribution in [3.8, 4) is 5.75 Å². The number of nitrogens with one attached hydrogen (secondary N) is 1. The molecule has 5 nitrogen and oxygen atoms in total. The molecular weight excluding hydrogens is 325 g/mol. The second kappa shape index (κ2) is 7.87. The number of benzene rings is 1. The summed E-state index contributed by atoms with van der Waals surface area (Å²) in [6.07, 6.45) is 2.25. The summed E-state index contributed by atoms with van der Waals surface area (Å²) < 4.78 is 5.51. The monoisotopic (exact) mass is 339 g/mol. The van der Waals surface area contributed by atoms with Crippen LogP contribution in [0.4, 0.5) is 11.5 Å². The summed E-state index contributed by atoms with van der Waals surface area (Å²) in [6.45, 7) is 0.392. The molecule has 3 N–H and O–H groups in total. The summed E-state index contributed by atoms with van der Waals surface area (Å²) in [5, 5.41) is 3.34. The molecule has 1 amide bonds. The molecule has 0 saturated carbocycles. The lowest BCUT2D eigenvalue weighted by molar-refractivity contribution is -0.116. The van der Waals surface area contributed by atoms with Crippen molar-refractivity contribution in [3.05, 3.63) is 46.6 Å². The Kier molecular flexibility index (Phi) is 5.86. The third kappa shape index (κ3) is 4.79. The summed E-state index contributed by atoms with van der Waals surface area (Å²) in [7, 11) is 0. The number of amides is 1. The van der Waals surface area contributed by atoms with Crippen LogP contribution in [0.5, 0.6) is 5.75 Å². The van der Waals surface area contributed by atoms with E-state index >= 15 is 0 Å². The number of ether oxygens (including phenoxy) is 1. The largest absolute Gasteiger partial charge is 0.491 e. The molecule has 0 aliphatic carbocycles. The second-order valence-corrected chi connectivity index (χ2v) is 5.37. The first-order valence-corrected chi connectivity index (χ1v) is 7.40. The van der Waals surface area contributed by atoms with Crippen LogP contribution in [0.2, 0.25) is 10.0 Å². The smallest absolute Gasteiger partial charge is 0.225 e. The number of hydrogen-bond acceptors (Lipinski definition) is 4. The highest BCUT2D eigenvalue weighted by Gasteiger charge is 2.08. The van der Waals surface area contributed by atoms with Crippen LogP contribution in [0, 0.1) is 0 Å². The Balaban J connectivity index is 1.75. The van der Waals surface area contributed by atoms with Crippen molar-refractivity contribution in [1.29, 1.82) is 0 Å². The molecule has 116 valence electrons. The maximum absolute atomic E-state index is 11.8. The molecule has 0 saturated heterocycles. The molecule has 0 radical (unpaired) electrons. The first kappa shape index (κ1) is 16.4. The number of hydrogen-bond donors (Lipinski definition) is 2. The number of aromatic nitrogens is 1. The molecule has 0 bridgehead atoms. The highest BCUT2D eigenvalue weighted by molar-refractivity contribution is 6.36. The molecule has 1 aromatic heterocycles. The average Bonchev–Trinajstić information content (AvgIpc) is 2.48. The Morgan fingerprint density at radius 2 is 2.09 bits per heavy atom. The van der Waals surface area contributed by atoms with Gasteiger partial charge in [-0.05, 0) is 24.6 Å². The van der Waals surface area contributed by atoms with E-state index in [0.717, 1.165) is 0 Å². The van der Waals surface area contributed by atoms with E-state index < -0.39 is 0 Å². The van der Waals surface area contributed by atoms with Gasteiger partial charge in [-0.15, -0.1) is 0 Å². The second-order valence-electron chi connectivity index (χ2n) is 4.52. The third-order valence-electron chi connectivity index (χ3n) is 2.79. The fraction of sp³-hybridized carbons (Fsp3) is 0.200. The molecule has 0 unspecified atom stereocenters. The van der Waals surface area contributed by atoms with Gasteiger partial charge >= 0.3 is 0 Å². The van der Waals surface area contributed by atoms with Gasteiger partial charge in [0.2, 0.25) is 5.91 Å². The topological polar surface area (TPSA) is 77.2 Å². The van der Waals surface area contributed by atoms with E-state index in [1.807, 2.05) is 12.1 Å². The van der Waals surface area contributed by atoms with Gasteiger partial charge in [-0.3, -0.25) is 4.79 Å². The first-order chi connectivity index (χ1) is 10.6. The molecule has 0 spiro atoms. The SMILES string of the molecule is Nc1ccccc1OCCCC(=O)Nc1ncc(Cl)cc1Cl. The summed E-state index contributed by atoms with van der Waals surface area (Å²) in [4.78, 5) is 15.8. The molecule has 0 atom stereocenters. The summed E-state index contributed by atoms with van der Waals surface area (Å²) in [5.41, 5.74) is 6.33. The van der Waals surface area contributed by atoms with Crippen LogP contribution >= 0.6 is 23.2 Å². The predicted molar refractivity (Wildman–Crippen MR) is 88.5 cm³/mol. The zero-order valence-corrected chi connectivity index (χ0v) is 13.2. The van der Waals surface area contributed by atoms with Gasteiger partial charge in [-0.25, -0.2) is 4.98 Å². The molecule has 0 aliphatic rings. The Morgan fingerprint density at radius 1 is 1.32 bits per heavy atom. The van der Waals surface area contributed by atoms with E-state index in [1.54, 1.807) is 12.1 Å². The molecule has 0 fully saturated rings. The molecule has 1 heterocycles. The summed E-state index contributed by atoms with van der Waals surface area (Å²) in [5.74, 6) is 0.718. The average molecular weight is 340 g/mol. The number of rotatable bonds is 6. The molecule has 22 heavy (non-hydrogen) atoms. The van der Waals surface area contributed by atoms with Gasteiger partial charge in [-0.1, -0.05) is 35.3 Å². The van der Waals surface area contributed by atoms with E-state index in [-0.39, 0.29) is 12.3 Å². The number of pyridine rings is 1. The Labute approximate surface area is 138 Å². The van der Waals surface area contributed by atoms with Crippen molar-refractivity contribution in [3.63, 3.8) is 0 Å². The van der Waals surface area contributed by atoms with Crippen molar-refractivity contribution >= 4 is 40.6 Å². The lowest BCUT2D eigenvalue weighted by Crippen LogP contribution is -2.14. The number of carbonyl (C=O) groups is 1. The van der Waals surface area contributed by atoms with E-state index in [2.05, 4.69) is 10.3 Å². The lowest BCUT2D eigenvalue weighted by Gasteiger charge is -2.09. The van der Waals surface area contributed by atoms with Crippen molar-refractivity contribution in [2.24, 2.45) is 0 Å². The van der Waals surface area contributed by atoms with Gasteiger partial charge in [0.1, 0.15) is 5.75 Å². The van der Waals surface area contributed by atoms with Crippen molar-refractivity contribution in [2.45, 2.75) is 12.8 Å². The van der Waals surface area contributed by atoms with Crippen LogP contribution in [0.3, 0.4) is 0 Å². The van der Waals surface area contributed by atoms with Gasteiger partial charge in [0.05, 0.1) is 22.3 Å². The zero-order valence-electron chi connectivity index (χ0n) is 11.7. The number of carbonyl (C=O) groups excluding carboxylic acids is 1. The minimum absolute atomic E-state index is 0.193. The van der Waals surface area contributed by atoms with E-state index in [9.17, 15) is 4.79 Å². The number of anilines is 2. The molecule has 2 aromatic rings. The normalized spacial score (nSPS) is 10.3. The minimum Gasteiger partial charge on any atom is -0.491 e. The number of para-hydroxylation sites is 2. The van der Waals surface area contributed by atoms with Crippen molar-refractivity contribution in [1.82, 2.24) is 4.98 Å². The molecular formula is C15H15Cl2N3O2.